The molecule has 0 fully saturated rings. The van der Waals surface area contributed by atoms with Gasteiger partial charge in [0.15, 0.2) is 0 Å². The van der Waals surface area contributed by atoms with Crippen molar-refractivity contribution < 1.29 is 18.1 Å². The summed E-state index contributed by atoms with van der Waals surface area (Å²) in [4.78, 5) is 0. The summed E-state index contributed by atoms with van der Waals surface area (Å²) in [5, 5.41) is 8.34. The second kappa shape index (κ2) is 3.90. The van der Waals surface area contributed by atoms with E-state index >= 15 is 0 Å². The van der Waals surface area contributed by atoms with Crippen molar-refractivity contribution in [2.24, 2.45) is 0 Å². The Labute approximate surface area is 60.6 Å². The van der Waals surface area contributed by atoms with Gasteiger partial charge in [-0.1, -0.05) is 6.92 Å². The highest BCUT2D eigenvalue weighted by Gasteiger charge is 2.11. The molecule has 2 N–H and O–H groups in total. The summed E-state index contributed by atoms with van der Waals surface area (Å²) < 4.78 is 28.6. The maximum atomic E-state index is 10.2. The zero-order chi connectivity index (χ0) is 8.20. The van der Waals surface area contributed by atoms with Crippen LogP contribution in [0.5, 0.6) is 0 Å². The summed E-state index contributed by atoms with van der Waals surface area (Å²) >= 11 is 0. The molecule has 0 saturated carbocycles. The molecule has 0 unspecified atom stereocenters. The smallest absolute Gasteiger partial charge is 0.265 e. The number of hydrogen-bond acceptors (Lipinski definition) is 3. The van der Waals surface area contributed by atoms with Gasteiger partial charge in [-0.05, 0) is 12.3 Å². The Kier molecular flexibility index (Phi) is 3.85. The third-order valence-electron chi connectivity index (χ3n) is 0.967. The lowest BCUT2D eigenvalue weighted by Gasteiger charge is -2.04. The third kappa shape index (κ3) is 6.00. The number of aliphatic hydroxyl groups is 1. The summed E-state index contributed by atoms with van der Waals surface area (Å²) in [6.45, 7) is 1.49. The Bertz CT molecular complexity index is 172. The van der Waals surface area contributed by atoms with Crippen LogP contribution in [0.3, 0.4) is 0 Å². The molecule has 1 radical (unpaired) electrons. The summed E-state index contributed by atoms with van der Waals surface area (Å²) in [6.07, 6.45) is 0.319. The van der Waals surface area contributed by atoms with E-state index < -0.39 is 10.1 Å². The molecule has 0 aromatic rings. The van der Waals surface area contributed by atoms with Gasteiger partial charge in [-0.25, -0.2) is 0 Å². The van der Waals surface area contributed by atoms with Crippen LogP contribution in [-0.2, 0) is 10.1 Å². The zero-order valence-corrected chi connectivity index (χ0v) is 6.56. The first-order valence-corrected chi connectivity index (χ1v) is 4.44. The molecule has 0 heterocycles. The van der Waals surface area contributed by atoms with Gasteiger partial charge in [0.1, 0.15) is 0 Å². The second-order valence-electron chi connectivity index (χ2n) is 2.16. The lowest BCUT2D eigenvalue weighted by Crippen LogP contribution is -2.11. The van der Waals surface area contributed by atoms with Crippen molar-refractivity contribution >= 4 is 10.1 Å². The lowest BCUT2D eigenvalue weighted by atomic mass is 10.1. The van der Waals surface area contributed by atoms with Crippen LogP contribution < -0.4 is 0 Å². The molecule has 0 aliphatic rings. The van der Waals surface area contributed by atoms with Crippen molar-refractivity contribution in [2.45, 2.75) is 13.3 Å². The molecule has 0 amide bonds. The van der Waals surface area contributed by atoms with Crippen LogP contribution in [0.4, 0.5) is 0 Å². The van der Waals surface area contributed by atoms with Gasteiger partial charge in [0.25, 0.3) is 10.1 Å². The Balaban J connectivity index is 3.69. The fourth-order valence-corrected chi connectivity index (χ4v) is 1.34. The highest BCUT2D eigenvalue weighted by atomic mass is 32.2. The Morgan fingerprint density at radius 2 is 2.00 bits per heavy atom. The second-order valence-corrected chi connectivity index (χ2v) is 3.61. The minimum Gasteiger partial charge on any atom is -0.396 e. The average Bonchev–Trinajstić information content (AvgIpc) is 1.59. The van der Waals surface area contributed by atoms with Gasteiger partial charge in [-0.2, -0.15) is 8.42 Å². The summed E-state index contributed by atoms with van der Waals surface area (Å²) in [7, 11) is -3.89. The largest absolute Gasteiger partial charge is 0.396 e. The number of hydrogen-bond donors (Lipinski definition) is 2. The summed E-state index contributed by atoms with van der Waals surface area (Å²) in [6, 6.07) is 0. The monoisotopic (exact) mass is 167 g/mol. The molecule has 4 nitrogen and oxygen atoms in total. The molecule has 61 valence electrons. The van der Waals surface area contributed by atoms with Crippen molar-refractivity contribution in [1.82, 2.24) is 0 Å². The molecule has 0 saturated heterocycles. The highest BCUT2D eigenvalue weighted by molar-refractivity contribution is 7.85. The lowest BCUT2D eigenvalue weighted by molar-refractivity contribution is 0.292. The molecule has 0 atom stereocenters. The van der Waals surface area contributed by atoms with Gasteiger partial charge in [-0.3, -0.25) is 4.55 Å². The molecule has 0 spiro atoms. The quantitative estimate of drug-likeness (QED) is 0.571. The van der Waals surface area contributed by atoms with Crippen molar-refractivity contribution in [3.05, 3.63) is 5.92 Å². The molecule has 0 aliphatic heterocycles. The minimum absolute atomic E-state index is 0.0820. The predicted molar refractivity (Wildman–Crippen MR) is 37.0 cm³/mol. The molecule has 5 heteroatoms. The SMILES string of the molecule is C[C](CCO)CS(=O)(=O)O. The van der Waals surface area contributed by atoms with Gasteiger partial charge >= 0.3 is 0 Å². The fourth-order valence-electron chi connectivity index (χ4n) is 0.574. The maximum absolute atomic E-state index is 10.2. The van der Waals surface area contributed by atoms with E-state index in [0.29, 0.717) is 12.3 Å². The van der Waals surface area contributed by atoms with E-state index in [1.165, 1.54) is 0 Å². The molecule has 10 heavy (non-hydrogen) atoms. The highest BCUT2D eigenvalue weighted by Crippen LogP contribution is 2.05. The van der Waals surface area contributed by atoms with Gasteiger partial charge in [0.05, 0.1) is 5.75 Å². The van der Waals surface area contributed by atoms with Crippen LogP contribution in [0.1, 0.15) is 13.3 Å². The first-order valence-electron chi connectivity index (χ1n) is 2.83. The number of rotatable bonds is 4. The molecular formula is C5H11O4S. The van der Waals surface area contributed by atoms with Crippen LogP contribution >= 0.6 is 0 Å². The van der Waals surface area contributed by atoms with Gasteiger partial charge in [0.2, 0.25) is 0 Å². The van der Waals surface area contributed by atoms with Crippen molar-refractivity contribution in [1.29, 1.82) is 0 Å². The molecular weight excluding hydrogens is 156 g/mol. The van der Waals surface area contributed by atoms with Crippen molar-refractivity contribution in [2.75, 3.05) is 12.4 Å². The van der Waals surface area contributed by atoms with Crippen LogP contribution in [-0.4, -0.2) is 30.4 Å². The molecule has 0 aromatic heterocycles. The molecule has 0 aliphatic carbocycles. The first kappa shape index (κ1) is 9.87. The predicted octanol–water partition coefficient (Wildman–Crippen LogP) is -0.149. The minimum atomic E-state index is -3.89. The topological polar surface area (TPSA) is 74.6 Å². The fraction of sp³-hybridized carbons (Fsp3) is 0.800. The van der Waals surface area contributed by atoms with Gasteiger partial charge in [0, 0.05) is 6.61 Å². The van der Waals surface area contributed by atoms with E-state index in [0.717, 1.165) is 0 Å². The van der Waals surface area contributed by atoms with Crippen LogP contribution in [0.25, 0.3) is 0 Å². The molecule has 0 bridgehead atoms. The Morgan fingerprint density at radius 1 is 1.50 bits per heavy atom. The average molecular weight is 167 g/mol. The van der Waals surface area contributed by atoms with Crippen molar-refractivity contribution in [3.8, 4) is 0 Å². The zero-order valence-electron chi connectivity index (χ0n) is 5.74. The van der Waals surface area contributed by atoms with Gasteiger partial charge < -0.3 is 5.11 Å². The summed E-state index contributed by atoms with van der Waals surface area (Å²) in [5.41, 5.74) is 0. The van der Waals surface area contributed by atoms with E-state index in [1.807, 2.05) is 0 Å². The first-order chi connectivity index (χ1) is 4.45. The van der Waals surface area contributed by atoms with Gasteiger partial charge in [-0.15, -0.1) is 0 Å². The van der Waals surface area contributed by atoms with E-state index in [2.05, 4.69) is 0 Å². The third-order valence-corrected chi connectivity index (χ3v) is 1.82. The van der Waals surface area contributed by atoms with E-state index in [1.54, 1.807) is 6.92 Å². The standard InChI is InChI=1S/C5H11O4S/c1-5(2-3-6)4-10(7,8)9/h6H,2-4H2,1H3,(H,7,8,9). The van der Waals surface area contributed by atoms with Crippen LogP contribution in [0.15, 0.2) is 0 Å². The summed E-state index contributed by atoms with van der Waals surface area (Å²) in [5.74, 6) is 0.207. The maximum Gasteiger partial charge on any atom is 0.265 e. The van der Waals surface area contributed by atoms with Crippen LogP contribution in [0, 0.1) is 5.92 Å². The molecule has 0 aromatic carbocycles. The molecule has 0 rings (SSSR count). The Hall–Kier alpha value is -0.130. The van der Waals surface area contributed by atoms with E-state index in [9.17, 15) is 8.42 Å². The van der Waals surface area contributed by atoms with E-state index in [4.69, 9.17) is 9.66 Å². The normalized spacial score (nSPS) is 12.4. The number of aliphatic hydroxyl groups excluding tert-OH is 1. The van der Waals surface area contributed by atoms with E-state index in [-0.39, 0.29) is 12.4 Å². The van der Waals surface area contributed by atoms with Crippen molar-refractivity contribution in [3.63, 3.8) is 0 Å². The van der Waals surface area contributed by atoms with Crippen LogP contribution in [0.2, 0.25) is 0 Å². The Morgan fingerprint density at radius 3 is 2.30 bits per heavy atom.